The van der Waals surface area contributed by atoms with Crippen LogP contribution in [0.15, 0.2) is 41.3 Å². The Morgan fingerprint density at radius 1 is 1.00 bits per heavy atom. The van der Waals surface area contributed by atoms with Crippen LogP contribution >= 0.6 is 11.8 Å². The lowest BCUT2D eigenvalue weighted by Crippen LogP contribution is -2.30. The molecule has 2 aromatic carbocycles. The van der Waals surface area contributed by atoms with E-state index in [2.05, 4.69) is 31.3 Å². The van der Waals surface area contributed by atoms with E-state index in [-0.39, 0.29) is 6.42 Å². The molecule has 0 heterocycles. The van der Waals surface area contributed by atoms with Gasteiger partial charge >= 0.3 is 5.97 Å². The number of anilines is 1. The summed E-state index contributed by atoms with van der Waals surface area (Å²) in [7, 11) is 3.06. The molecule has 0 spiro atoms. The average Bonchev–Trinajstić information content (AvgIpc) is 2.70. The van der Waals surface area contributed by atoms with E-state index < -0.39 is 18.0 Å². The molecule has 7 heteroatoms. The fourth-order valence-corrected chi connectivity index (χ4v) is 3.45. The van der Waals surface area contributed by atoms with Crippen molar-refractivity contribution in [2.24, 2.45) is 0 Å². The minimum atomic E-state index is -0.901. The zero-order valence-electron chi connectivity index (χ0n) is 17.4. The van der Waals surface area contributed by atoms with E-state index in [0.29, 0.717) is 22.9 Å². The van der Waals surface area contributed by atoms with Crippen LogP contribution in [0.2, 0.25) is 0 Å². The Morgan fingerprint density at radius 2 is 1.72 bits per heavy atom. The molecule has 0 bridgehead atoms. The number of carbonyl (C=O) groups is 2. The Bertz CT molecular complexity index is 868. The van der Waals surface area contributed by atoms with Crippen molar-refractivity contribution in [3.8, 4) is 11.5 Å². The summed E-state index contributed by atoms with van der Waals surface area (Å²) >= 11 is 1.59. The number of rotatable bonds is 9. The molecule has 2 rings (SSSR count). The number of hydrogen-bond acceptors (Lipinski definition) is 6. The second-order valence-electron chi connectivity index (χ2n) is 6.54. The van der Waals surface area contributed by atoms with Gasteiger partial charge in [0.2, 0.25) is 0 Å². The zero-order valence-corrected chi connectivity index (χ0v) is 18.2. The van der Waals surface area contributed by atoms with Crippen LogP contribution in [-0.2, 0) is 14.3 Å². The molecular weight excluding hydrogens is 390 g/mol. The Morgan fingerprint density at radius 3 is 2.38 bits per heavy atom. The molecule has 0 aliphatic heterocycles. The lowest BCUT2D eigenvalue weighted by Gasteiger charge is -2.15. The van der Waals surface area contributed by atoms with Gasteiger partial charge in [-0.2, -0.15) is 0 Å². The number of amides is 1. The molecule has 2 aromatic rings. The van der Waals surface area contributed by atoms with Crippen molar-refractivity contribution in [3.05, 3.63) is 47.5 Å². The average molecular weight is 418 g/mol. The molecule has 6 nitrogen and oxygen atoms in total. The Balaban J connectivity index is 1.80. The Hall–Kier alpha value is -2.67. The van der Waals surface area contributed by atoms with Crippen LogP contribution < -0.4 is 14.8 Å². The first-order chi connectivity index (χ1) is 13.8. The summed E-state index contributed by atoms with van der Waals surface area (Å²) in [5, 5.41) is 2.71. The number of benzene rings is 2. The number of ether oxygens (including phenoxy) is 3. The van der Waals surface area contributed by atoms with Gasteiger partial charge in [-0.25, -0.2) is 0 Å². The topological polar surface area (TPSA) is 73.9 Å². The van der Waals surface area contributed by atoms with Gasteiger partial charge in [-0.05, 0) is 56.2 Å². The molecule has 0 radical (unpaired) electrons. The molecule has 0 aliphatic rings. The molecule has 0 saturated carbocycles. The van der Waals surface area contributed by atoms with Crippen molar-refractivity contribution < 1.29 is 23.8 Å². The van der Waals surface area contributed by atoms with E-state index >= 15 is 0 Å². The van der Waals surface area contributed by atoms with Crippen molar-refractivity contribution in [1.82, 2.24) is 0 Å². The van der Waals surface area contributed by atoms with Crippen LogP contribution in [0.1, 0.15) is 24.5 Å². The zero-order chi connectivity index (χ0) is 21.4. The SMILES string of the molecule is COc1ccc(NC(=O)[C@@H](C)OC(=O)CCSc2ccc(C)c(C)c2)cc1OC. The molecule has 0 aromatic heterocycles. The highest BCUT2D eigenvalue weighted by molar-refractivity contribution is 7.99. The third-order valence-electron chi connectivity index (χ3n) is 4.38. The smallest absolute Gasteiger partial charge is 0.307 e. The molecule has 0 aliphatic carbocycles. The maximum atomic E-state index is 12.3. The van der Waals surface area contributed by atoms with Gasteiger partial charge in [-0.3, -0.25) is 9.59 Å². The third kappa shape index (κ3) is 6.71. The van der Waals surface area contributed by atoms with E-state index in [1.54, 1.807) is 36.9 Å². The van der Waals surface area contributed by atoms with Crippen LogP contribution in [0.4, 0.5) is 5.69 Å². The highest BCUT2D eigenvalue weighted by Crippen LogP contribution is 2.29. The van der Waals surface area contributed by atoms with E-state index in [0.717, 1.165) is 4.90 Å². The standard InChI is InChI=1S/C22H27NO5S/c1-14-6-8-18(12-15(14)2)29-11-10-21(24)28-16(3)22(25)23-17-7-9-19(26-4)20(13-17)27-5/h6-9,12-13,16H,10-11H2,1-5H3,(H,23,25)/t16-/m1/s1. The van der Waals surface area contributed by atoms with Gasteiger partial charge in [0.05, 0.1) is 20.6 Å². The Kier molecular flexibility index (Phi) is 8.39. The Labute approximate surface area is 175 Å². The van der Waals surface area contributed by atoms with Crippen molar-refractivity contribution in [1.29, 1.82) is 0 Å². The van der Waals surface area contributed by atoms with Gasteiger partial charge in [0.25, 0.3) is 5.91 Å². The molecule has 29 heavy (non-hydrogen) atoms. The minimum absolute atomic E-state index is 0.228. The van der Waals surface area contributed by atoms with Crippen LogP contribution in [0.3, 0.4) is 0 Å². The van der Waals surface area contributed by atoms with Crippen molar-refractivity contribution in [3.63, 3.8) is 0 Å². The van der Waals surface area contributed by atoms with Gasteiger partial charge in [-0.15, -0.1) is 11.8 Å². The summed E-state index contributed by atoms with van der Waals surface area (Å²) in [5.41, 5.74) is 2.99. The normalized spacial score (nSPS) is 11.5. The molecule has 156 valence electrons. The van der Waals surface area contributed by atoms with Crippen LogP contribution in [0.5, 0.6) is 11.5 Å². The van der Waals surface area contributed by atoms with Gasteiger partial charge in [-0.1, -0.05) is 6.07 Å². The predicted molar refractivity (Wildman–Crippen MR) is 115 cm³/mol. The summed E-state index contributed by atoms with van der Waals surface area (Å²) in [5.74, 6) is 0.832. The quantitative estimate of drug-likeness (QED) is 0.482. The molecule has 1 atom stereocenters. The first kappa shape index (κ1) is 22.6. The largest absolute Gasteiger partial charge is 0.493 e. The summed E-state index contributed by atoms with van der Waals surface area (Å²) in [4.78, 5) is 25.5. The molecule has 1 amide bonds. The number of carbonyl (C=O) groups excluding carboxylic acids is 2. The van der Waals surface area contributed by atoms with Crippen molar-refractivity contribution in [2.45, 2.75) is 38.2 Å². The molecule has 0 unspecified atom stereocenters. The second-order valence-corrected chi connectivity index (χ2v) is 7.70. The van der Waals surface area contributed by atoms with Crippen molar-refractivity contribution >= 4 is 29.3 Å². The van der Waals surface area contributed by atoms with Gasteiger partial charge in [0.15, 0.2) is 17.6 Å². The molecule has 0 saturated heterocycles. The second kappa shape index (κ2) is 10.8. The molecule has 1 N–H and O–H groups in total. The molecule has 0 fully saturated rings. The number of esters is 1. The van der Waals surface area contributed by atoms with Gasteiger partial charge in [0, 0.05) is 22.4 Å². The summed E-state index contributed by atoms with van der Waals surface area (Å²) in [6, 6.07) is 11.2. The highest BCUT2D eigenvalue weighted by atomic mass is 32.2. The summed E-state index contributed by atoms with van der Waals surface area (Å²) in [6.07, 6.45) is -0.673. The summed E-state index contributed by atoms with van der Waals surface area (Å²) in [6.45, 7) is 5.67. The van der Waals surface area contributed by atoms with Crippen LogP contribution in [0, 0.1) is 13.8 Å². The third-order valence-corrected chi connectivity index (χ3v) is 5.38. The van der Waals surface area contributed by atoms with E-state index in [4.69, 9.17) is 14.2 Å². The van der Waals surface area contributed by atoms with E-state index in [9.17, 15) is 9.59 Å². The lowest BCUT2D eigenvalue weighted by atomic mass is 10.1. The number of thioether (sulfide) groups is 1. The number of nitrogens with one attached hydrogen (secondary N) is 1. The monoisotopic (exact) mass is 417 g/mol. The maximum absolute atomic E-state index is 12.3. The van der Waals surface area contributed by atoms with Crippen LogP contribution in [-0.4, -0.2) is 38.0 Å². The first-order valence-electron chi connectivity index (χ1n) is 9.26. The van der Waals surface area contributed by atoms with Crippen molar-refractivity contribution in [2.75, 3.05) is 25.3 Å². The summed E-state index contributed by atoms with van der Waals surface area (Å²) < 4.78 is 15.6. The van der Waals surface area contributed by atoms with E-state index in [1.165, 1.54) is 25.3 Å². The van der Waals surface area contributed by atoms with Gasteiger partial charge in [0.1, 0.15) is 0 Å². The fraction of sp³-hybridized carbons (Fsp3) is 0.364. The van der Waals surface area contributed by atoms with E-state index in [1.807, 2.05) is 6.07 Å². The number of methoxy groups -OCH3 is 2. The predicted octanol–water partition coefficient (Wildman–Crippen LogP) is 4.37. The fourth-order valence-electron chi connectivity index (χ4n) is 2.52. The maximum Gasteiger partial charge on any atom is 0.307 e. The number of hydrogen-bond donors (Lipinski definition) is 1. The molecular formula is C22H27NO5S. The number of aryl methyl sites for hydroxylation is 2. The van der Waals surface area contributed by atoms with Crippen LogP contribution in [0.25, 0.3) is 0 Å². The minimum Gasteiger partial charge on any atom is -0.493 e. The van der Waals surface area contributed by atoms with Gasteiger partial charge < -0.3 is 19.5 Å². The first-order valence-corrected chi connectivity index (χ1v) is 10.2. The lowest BCUT2D eigenvalue weighted by molar-refractivity contribution is -0.152. The highest BCUT2D eigenvalue weighted by Gasteiger charge is 2.18.